The summed E-state index contributed by atoms with van der Waals surface area (Å²) in [4.78, 5) is 0. The van der Waals surface area contributed by atoms with E-state index in [1.807, 2.05) is 7.05 Å². The largest absolute Gasteiger partial charge is 0.326 e. The molecule has 0 spiro atoms. The Kier molecular flexibility index (Phi) is 13.2. The lowest BCUT2D eigenvalue weighted by Crippen LogP contribution is -2.26. The third kappa shape index (κ3) is 11.8. The molecule has 0 rings (SSSR count). The van der Waals surface area contributed by atoms with Crippen LogP contribution in [0.15, 0.2) is 11.8 Å². The van der Waals surface area contributed by atoms with Gasteiger partial charge in [-0.3, -0.25) is 0 Å². The molecular weight excluding hydrogens is 208 g/mol. The van der Waals surface area contributed by atoms with Crippen molar-refractivity contribution in [2.45, 2.75) is 78.1 Å². The fraction of sp³-hybridized carbons (Fsp3) is 0.867. The molecular formula is C15H32N2. The highest BCUT2D eigenvalue weighted by Crippen LogP contribution is 2.10. The molecule has 0 aromatic heterocycles. The average Bonchev–Trinajstić information content (AvgIpc) is 2.34. The highest BCUT2D eigenvalue weighted by molar-refractivity contribution is 4.98. The van der Waals surface area contributed by atoms with Gasteiger partial charge in [0.05, 0.1) is 0 Å². The molecule has 0 radical (unpaired) electrons. The number of nitrogens with one attached hydrogen (secondary N) is 2. The van der Waals surface area contributed by atoms with E-state index >= 15 is 0 Å². The maximum absolute atomic E-state index is 3.25. The lowest BCUT2D eigenvalue weighted by Gasteiger charge is -2.09. The highest BCUT2D eigenvalue weighted by Gasteiger charge is 1.95. The molecule has 2 nitrogen and oxygen atoms in total. The second-order valence-electron chi connectivity index (χ2n) is 4.76. The van der Waals surface area contributed by atoms with E-state index < -0.39 is 0 Å². The molecule has 0 saturated carbocycles. The maximum Gasteiger partial charge on any atom is 0.0221 e. The first-order valence-corrected chi connectivity index (χ1v) is 7.46. The third-order valence-corrected chi connectivity index (χ3v) is 3.03. The topological polar surface area (TPSA) is 24.1 Å². The summed E-state index contributed by atoms with van der Waals surface area (Å²) in [6.45, 7) is 4.52. The number of hydrazine groups is 1. The molecule has 0 aliphatic carbocycles. The van der Waals surface area contributed by atoms with Crippen molar-refractivity contribution in [3.8, 4) is 0 Å². The van der Waals surface area contributed by atoms with Crippen LogP contribution < -0.4 is 10.9 Å². The van der Waals surface area contributed by atoms with Crippen molar-refractivity contribution in [2.24, 2.45) is 0 Å². The zero-order valence-corrected chi connectivity index (χ0v) is 12.1. The summed E-state index contributed by atoms with van der Waals surface area (Å²) in [7, 11) is 1.94. The summed E-state index contributed by atoms with van der Waals surface area (Å²) in [6.07, 6.45) is 15.5. The first kappa shape index (κ1) is 16.5. The summed E-state index contributed by atoms with van der Waals surface area (Å²) < 4.78 is 0. The van der Waals surface area contributed by atoms with Crippen molar-refractivity contribution in [1.82, 2.24) is 10.9 Å². The molecule has 0 aromatic carbocycles. The van der Waals surface area contributed by atoms with Crippen molar-refractivity contribution < 1.29 is 0 Å². The molecule has 0 aliphatic heterocycles. The van der Waals surface area contributed by atoms with Gasteiger partial charge in [0.25, 0.3) is 0 Å². The molecule has 0 fully saturated rings. The molecule has 0 unspecified atom stereocenters. The van der Waals surface area contributed by atoms with Crippen molar-refractivity contribution in [3.05, 3.63) is 11.8 Å². The standard InChI is InChI=1S/C15H32N2/c1-4-6-8-9-10-12-14-15(17-16-3)13-11-7-5-2/h14,16-17H,4-13H2,1-3H3/b15-14-. The monoisotopic (exact) mass is 240 g/mol. The smallest absolute Gasteiger partial charge is 0.0221 e. The van der Waals surface area contributed by atoms with Crippen LogP contribution in [0, 0.1) is 0 Å². The van der Waals surface area contributed by atoms with Crippen LogP contribution in [0.3, 0.4) is 0 Å². The lowest BCUT2D eigenvalue weighted by atomic mass is 10.1. The predicted molar refractivity (Wildman–Crippen MR) is 77.8 cm³/mol. The molecule has 0 saturated heterocycles. The van der Waals surface area contributed by atoms with Crippen LogP contribution in [0.2, 0.25) is 0 Å². The zero-order chi connectivity index (χ0) is 12.8. The Balaban J connectivity index is 3.62. The van der Waals surface area contributed by atoms with Crippen molar-refractivity contribution in [2.75, 3.05) is 7.05 Å². The SMILES string of the molecule is CCCCCCC/C=C(/CCCCC)NNC. The molecule has 0 atom stereocenters. The van der Waals surface area contributed by atoms with Crippen LogP contribution in [0.5, 0.6) is 0 Å². The average molecular weight is 240 g/mol. The van der Waals surface area contributed by atoms with E-state index in [0.29, 0.717) is 0 Å². The number of rotatable bonds is 12. The van der Waals surface area contributed by atoms with Gasteiger partial charge in [0, 0.05) is 12.7 Å². The fourth-order valence-electron chi connectivity index (χ4n) is 1.97. The molecule has 0 aromatic rings. The lowest BCUT2D eigenvalue weighted by molar-refractivity contribution is 0.605. The Labute approximate surface area is 108 Å². The van der Waals surface area contributed by atoms with E-state index in [4.69, 9.17) is 0 Å². The number of hydrogen-bond donors (Lipinski definition) is 2. The summed E-state index contributed by atoms with van der Waals surface area (Å²) in [5.74, 6) is 0. The molecule has 17 heavy (non-hydrogen) atoms. The van der Waals surface area contributed by atoms with Gasteiger partial charge in [0.1, 0.15) is 0 Å². The highest BCUT2D eigenvalue weighted by atomic mass is 15.3. The predicted octanol–water partition coefficient (Wildman–Crippen LogP) is 4.54. The first-order valence-electron chi connectivity index (χ1n) is 7.46. The minimum atomic E-state index is 1.18. The van der Waals surface area contributed by atoms with Gasteiger partial charge in [-0.25, -0.2) is 5.43 Å². The van der Waals surface area contributed by atoms with E-state index in [2.05, 4.69) is 30.8 Å². The van der Waals surface area contributed by atoms with Crippen molar-refractivity contribution in [3.63, 3.8) is 0 Å². The Bertz CT molecular complexity index is 176. The van der Waals surface area contributed by atoms with Gasteiger partial charge in [-0.05, 0) is 25.7 Å². The second kappa shape index (κ2) is 13.6. The Hall–Kier alpha value is -0.500. The van der Waals surface area contributed by atoms with Gasteiger partial charge < -0.3 is 5.43 Å². The summed E-state index contributed by atoms with van der Waals surface area (Å²) in [6, 6.07) is 0. The van der Waals surface area contributed by atoms with Crippen molar-refractivity contribution >= 4 is 0 Å². The Morgan fingerprint density at radius 1 is 0.882 bits per heavy atom. The van der Waals surface area contributed by atoms with E-state index in [-0.39, 0.29) is 0 Å². The van der Waals surface area contributed by atoms with E-state index in [0.717, 1.165) is 0 Å². The molecule has 0 aliphatic rings. The number of allylic oxidation sites excluding steroid dienone is 2. The Morgan fingerprint density at radius 3 is 2.18 bits per heavy atom. The van der Waals surface area contributed by atoms with Gasteiger partial charge in [-0.1, -0.05) is 58.4 Å². The fourth-order valence-corrected chi connectivity index (χ4v) is 1.97. The van der Waals surface area contributed by atoms with Gasteiger partial charge in [-0.2, -0.15) is 0 Å². The van der Waals surface area contributed by atoms with Crippen LogP contribution in [-0.2, 0) is 0 Å². The van der Waals surface area contributed by atoms with Crippen LogP contribution in [0.25, 0.3) is 0 Å². The van der Waals surface area contributed by atoms with Gasteiger partial charge in [0.2, 0.25) is 0 Å². The van der Waals surface area contributed by atoms with Gasteiger partial charge >= 0.3 is 0 Å². The van der Waals surface area contributed by atoms with E-state index in [9.17, 15) is 0 Å². The van der Waals surface area contributed by atoms with Crippen LogP contribution in [0.4, 0.5) is 0 Å². The molecule has 0 heterocycles. The normalized spacial score (nSPS) is 11.8. The first-order chi connectivity index (χ1) is 8.35. The quantitative estimate of drug-likeness (QED) is 0.387. The summed E-state index contributed by atoms with van der Waals surface area (Å²) >= 11 is 0. The van der Waals surface area contributed by atoms with E-state index in [1.165, 1.54) is 69.9 Å². The number of hydrogen-bond acceptors (Lipinski definition) is 2. The minimum absolute atomic E-state index is 1.18. The molecule has 0 bridgehead atoms. The van der Waals surface area contributed by atoms with Gasteiger partial charge in [-0.15, -0.1) is 0 Å². The summed E-state index contributed by atoms with van der Waals surface area (Å²) in [5.41, 5.74) is 7.66. The van der Waals surface area contributed by atoms with Crippen LogP contribution in [0.1, 0.15) is 78.1 Å². The van der Waals surface area contributed by atoms with Crippen LogP contribution >= 0.6 is 0 Å². The minimum Gasteiger partial charge on any atom is -0.326 e. The third-order valence-electron chi connectivity index (χ3n) is 3.03. The van der Waals surface area contributed by atoms with Crippen molar-refractivity contribution in [1.29, 1.82) is 0 Å². The number of unbranched alkanes of at least 4 members (excludes halogenated alkanes) is 7. The van der Waals surface area contributed by atoms with Crippen LogP contribution in [-0.4, -0.2) is 7.05 Å². The Morgan fingerprint density at radius 2 is 1.53 bits per heavy atom. The molecule has 2 N–H and O–H groups in total. The van der Waals surface area contributed by atoms with Gasteiger partial charge in [0.15, 0.2) is 0 Å². The zero-order valence-electron chi connectivity index (χ0n) is 12.1. The molecule has 102 valence electrons. The molecule has 0 amide bonds. The summed E-state index contributed by atoms with van der Waals surface area (Å²) in [5, 5.41) is 0. The molecule has 2 heteroatoms. The second-order valence-corrected chi connectivity index (χ2v) is 4.76. The maximum atomic E-state index is 3.25. The van der Waals surface area contributed by atoms with E-state index in [1.54, 1.807) is 0 Å².